The molecule has 3 rings (SSSR count). The molecule has 2 aromatic rings. The minimum absolute atomic E-state index is 0.0385. The summed E-state index contributed by atoms with van der Waals surface area (Å²) in [5.41, 5.74) is 1.69. The van der Waals surface area contributed by atoms with Gasteiger partial charge in [-0.2, -0.15) is 0 Å². The van der Waals surface area contributed by atoms with E-state index in [1.807, 2.05) is 48.3 Å². The number of carbonyl (C=O) groups excluding carboxylic acids is 2. The highest BCUT2D eigenvalue weighted by atomic mass is 16.5. The van der Waals surface area contributed by atoms with Crippen LogP contribution in [0.25, 0.3) is 0 Å². The van der Waals surface area contributed by atoms with Gasteiger partial charge in [0, 0.05) is 27.2 Å². The highest BCUT2D eigenvalue weighted by molar-refractivity contribution is 5.96. The number of hydrogen-bond acceptors (Lipinski definition) is 4. The number of para-hydroxylation sites is 1. The minimum Gasteiger partial charge on any atom is -0.491 e. The fourth-order valence-electron chi connectivity index (χ4n) is 3.93. The van der Waals surface area contributed by atoms with Crippen molar-refractivity contribution in [1.82, 2.24) is 9.80 Å². The van der Waals surface area contributed by atoms with Crippen LogP contribution in [0.4, 0.5) is 0 Å². The number of benzene rings is 2. The third kappa shape index (κ3) is 6.31. The fraction of sp³-hybridized carbons (Fsp3) is 0.440. The molecule has 31 heavy (non-hydrogen) atoms. The standard InChI is InChI=1S/C25H32N2O4/c1-26-15-9-4-10-16-27(24(28)19-30-2)21(17-20-11-5-3-6-12-20)18-31-23-14-8-7-13-22(23)25(26)29/h3,5-8,11-14,21H,4,9-10,15-19H2,1-2H3/t21-/m0/s1. The number of methoxy groups -OCH3 is 1. The van der Waals surface area contributed by atoms with Crippen LogP contribution < -0.4 is 4.74 Å². The van der Waals surface area contributed by atoms with E-state index in [-0.39, 0.29) is 24.5 Å². The van der Waals surface area contributed by atoms with Crippen molar-refractivity contribution >= 4 is 11.8 Å². The molecule has 2 amide bonds. The van der Waals surface area contributed by atoms with Crippen LogP contribution in [-0.4, -0.2) is 68.1 Å². The maximum absolute atomic E-state index is 12.9. The monoisotopic (exact) mass is 424 g/mol. The van der Waals surface area contributed by atoms with Crippen LogP contribution in [0.15, 0.2) is 54.6 Å². The van der Waals surface area contributed by atoms with Gasteiger partial charge in [0.15, 0.2) is 0 Å². The molecule has 1 aliphatic rings. The summed E-state index contributed by atoms with van der Waals surface area (Å²) in [6.07, 6.45) is 3.37. The van der Waals surface area contributed by atoms with Gasteiger partial charge in [0.05, 0.1) is 11.6 Å². The first-order chi connectivity index (χ1) is 15.1. The Morgan fingerprint density at radius 3 is 2.52 bits per heavy atom. The van der Waals surface area contributed by atoms with Crippen molar-refractivity contribution < 1.29 is 19.1 Å². The lowest BCUT2D eigenvalue weighted by molar-refractivity contribution is -0.138. The molecule has 0 fully saturated rings. The molecule has 0 saturated heterocycles. The van der Waals surface area contributed by atoms with Gasteiger partial charge < -0.3 is 19.3 Å². The van der Waals surface area contributed by atoms with Crippen LogP contribution in [0.2, 0.25) is 0 Å². The molecule has 0 bridgehead atoms. The Morgan fingerprint density at radius 2 is 1.74 bits per heavy atom. The second kappa shape index (κ2) is 11.5. The smallest absolute Gasteiger partial charge is 0.257 e. The van der Waals surface area contributed by atoms with E-state index in [9.17, 15) is 9.59 Å². The van der Waals surface area contributed by atoms with E-state index < -0.39 is 0 Å². The predicted octanol–water partition coefficient (Wildman–Crippen LogP) is 3.41. The van der Waals surface area contributed by atoms with E-state index in [0.29, 0.717) is 37.4 Å². The second-order valence-electron chi connectivity index (χ2n) is 7.96. The Labute approximate surface area is 184 Å². The van der Waals surface area contributed by atoms with Crippen LogP contribution in [0.3, 0.4) is 0 Å². The lowest BCUT2D eigenvalue weighted by Crippen LogP contribution is -2.47. The van der Waals surface area contributed by atoms with Gasteiger partial charge in [-0.15, -0.1) is 0 Å². The van der Waals surface area contributed by atoms with Crippen molar-refractivity contribution in [3.63, 3.8) is 0 Å². The lowest BCUT2D eigenvalue weighted by Gasteiger charge is -2.32. The molecule has 0 unspecified atom stereocenters. The normalized spacial score (nSPS) is 18.3. The molecule has 0 saturated carbocycles. The largest absolute Gasteiger partial charge is 0.491 e. The summed E-state index contributed by atoms with van der Waals surface area (Å²) in [5, 5.41) is 0. The number of ether oxygens (including phenoxy) is 2. The van der Waals surface area contributed by atoms with Crippen molar-refractivity contribution in [1.29, 1.82) is 0 Å². The van der Waals surface area contributed by atoms with E-state index in [1.165, 1.54) is 0 Å². The van der Waals surface area contributed by atoms with Crippen molar-refractivity contribution in [3.05, 3.63) is 65.7 Å². The SMILES string of the molecule is COCC(=O)N1CCCCCN(C)C(=O)c2ccccc2OC[C@@H]1Cc1ccccc1. The van der Waals surface area contributed by atoms with Crippen LogP contribution >= 0.6 is 0 Å². The second-order valence-corrected chi connectivity index (χ2v) is 7.96. The predicted molar refractivity (Wildman–Crippen MR) is 120 cm³/mol. The Hall–Kier alpha value is -2.86. The third-order valence-electron chi connectivity index (χ3n) is 5.63. The van der Waals surface area contributed by atoms with Crippen molar-refractivity contribution in [2.75, 3.05) is 40.5 Å². The molecule has 1 heterocycles. The van der Waals surface area contributed by atoms with Gasteiger partial charge in [0.25, 0.3) is 5.91 Å². The Morgan fingerprint density at radius 1 is 1.03 bits per heavy atom. The van der Waals surface area contributed by atoms with Crippen molar-refractivity contribution in [2.24, 2.45) is 0 Å². The van der Waals surface area contributed by atoms with E-state index in [0.717, 1.165) is 24.8 Å². The first-order valence-corrected chi connectivity index (χ1v) is 10.9. The van der Waals surface area contributed by atoms with Crippen LogP contribution in [0.1, 0.15) is 35.2 Å². The van der Waals surface area contributed by atoms with Gasteiger partial charge in [-0.1, -0.05) is 42.5 Å². The molecule has 166 valence electrons. The molecule has 6 nitrogen and oxygen atoms in total. The van der Waals surface area contributed by atoms with Gasteiger partial charge in [-0.05, 0) is 43.4 Å². The molecular formula is C25H32N2O4. The average Bonchev–Trinajstić information content (AvgIpc) is 2.80. The molecule has 0 spiro atoms. The maximum Gasteiger partial charge on any atom is 0.257 e. The molecular weight excluding hydrogens is 392 g/mol. The maximum atomic E-state index is 12.9. The van der Waals surface area contributed by atoms with Crippen LogP contribution in [0, 0.1) is 0 Å². The average molecular weight is 425 g/mol. The van der Waals surface area contributed by atoms with E-state index >= 15 is 0 Å². The molecule has 1 aliphatic heterocycles. The molecule has 6 heteroatoms. The van der Waals surface area contributed by atoms with Gasteiger partial charge >= 0.3 is 0 Å². The fourth-order valence-corrected chi connectivity index (χ4v) is 3.93. The molecule has 1 atom stereocenters. The van der Waals surface area contributed by atoms with E-state index in [4.69, 9.17) is 9.47 Å². The Kier molecular flexibility index (Phi) is 8.47. The highest BCUT2D eigenvalue weighted by Crippen LogP contribution is 2.22. The first-order valence-electron chi connectivity index (χ1n) is 10.9. The zero-order chi connectivity index (χ0) is 22.1. The Bertz CT molecular complexity index is 856. The first kappa shape index (κ1) is 22.8. The molecule has 0 radical (unpaired) electrons. The summed E-state index contributed by atoms with van der Waals surface area (Å²) in [5.74, 6) is 0.473. The number of rotatable bonds is 4. The quantitative estimate of drug-likeness (QED) is 0.755. The minimum atomic E-state index is -0.160. The number of fused-ring (bicyclic) bond motifs is 1. The van der Waals surface area contributed by atoms with Gasteiger partial charge in [0.2, 0.25) is 5.91 Å². The number of carbonyl (C=O) groups is 2. The summed E-state index contributed by atoms with van der Waals surface area (Å²) >= 11 is 0. The van der Waals surface area contributed by atoms with Crippen LogP contribution in [0.5, 0.6) is 5.75 Å². The summed E-state index contributed by atoms with van der Waals surface area (Å²) in [7, 11) is 3.37. The van der Waals surface area contributed by atoms with Crippen molar-refractivity contribution in [2.45, 2.75) is 31.7 Å². The number of nitrogens with zero attached hydrogens (tertiary/aromatic N) is 2. The topological polar surface area (TPSA) is 59.1 Å². The van der Waals surface area contributed by atoms with E-state index in [2.05, 4.69) is 12.1 Å². The molecule has 0 aromatic heterocycles. The third-order valence-corrected chi connectivity index (χ3v) is 5.63. The van der Waals surface area contributed by atoms with Gasteiger partial charge in [-0.25, -0.2) is 0 Å². The number of amides is 2. The summed E-state index contributed by atoms with van der Waals surface area (Å²) in [4.78, 5) is 29.5. The van der Waals surface area contributed by atoms with Crippen molar-refractivity contribution in [3.8, 4) is 5.75 Å². The molecule has 0 N–H and O–H groups in total. The molecule has 2 aromatic carbocycles. The van der Waals surface area contributed by atoms with Crippen LogP contribution in [-0.2, 0) is 16.0 Å². The zero-order valence-corrected chi connectivity index (χ0v) is 18.5. The van der Waals surface area contributed by atoms with Gasteiger partial charge in [0.1, 0.15) is 19.0 Å². The van der Waals surface area contributed by atoms with E-state index in [1.54, 1.807) is 18.1 Å². The number of hydrogen-bond donors (Lipinski definition) is 0. The summed E-state index contributed by atoms with van der Waals surface area (Å²) in [6, 6.07) is 17.3. The van der Waals surface area contributed by atoms with Gasteiger partial charge in [-0.3, -0.25) is 9.59 Å². The summed E-state index contributed by atoms with van der Waals surface area (Å²) in [6.45, 7) is 1.66. The lowest BCUT2D eigenvalue weighted by atomic mass is 10.0. The highest BCUT2D eigenvalue weighted by Gasteiger charge is 2.26. The summed E-state index contributed by atoms with van der Waals surface area (Å²) < 4.78 is 11.3. The zero-order valence-electron chi connectivity index (χ0n) is 18.5. The Balaban J connectivity index is 1.91. The molecule has 0 aliphatic carbocycles.